The van der Waals surface area contributed by atoms with Gasteiger partial charge in [0.15, 0.2) is 15.5 Å². The zero-order valence-electron chi connectivity index (χ0n) is 15.6. The fourth-order valence-electron chi connectivity index (χ4n) is 3.27. The number of rotatable bonds is 5. The third kappa shape index (κ3) is 3.63. The first-order valence-electron chi connectivity index (χ1n) is 8.22. The summed E-state index contributed by atoms with van der Waals surface area (Å²) < 4.78 is 21.3. The number of hydrogen-bond donors (Lipinski definition) is 1. The molecule has 10 heteroatoms. The maximum absolute atomic E-state index is 12.7. The molecular weight excluding hydrogens is 422 g/mol. The van der Waals surface area contributed by atoms with Crippen LogP contribution in [0, 0.1) is 9.87 Å². The molecule has 1 N–H and O–H groups in total. The Bertz CT molecular complexity index is 953. The minimum atomic E-state index is -0.783. The molecule has 150 valence electrons. The van der Waals surface area contributed by atoms with Crippen LogP contribution in [-0.2, 0) is 19.1 Å². The number of hydrogen-bond acceptors (Lipinski definition) is 9. The molecule has 1 aromatic heterocycles. The summed E-state index contributed by atoms with van der Waals surface area (Å²) in [7, 11) is 5.70. The van der Waals surface area contributed by atoms with Gasteiger partial charge in [-0.15, -0.1) is 11.3 Å². The lowest BCUT2D eigenvalue weighted by atomic mass is 9.82. The molecule has 0 radical (unpaired) electrons. The van der Waals surface area contributed by atoms with Crippen LogP contribution in [0.5, 0.6) is 11.5 Å². The topological polar surface area (TPSA) is 86.9 Å². The predicted molar refractivity (Wildman–Crippen MR) is 108 cm³/mol. The first-order valence-corrected chi connectivity index (χ1v) is 10.3. The number of thioether (sulfide) groups is 1. The lowest BCUT2D eigenvalue weighted by molar-refractivity contribution is -0.151. The van der Waals surface area contributed by atoms with Crippen LogP contribution < -0.4 is 9.47 Å². The lowest BCUT2D eigenvalue weighted by Crippen LogP contribution is -2.40. The number of H-pyrrole nitrogens is 1. The monoisotopic (exact) mass is 441 g/mol. The van der Waals surface area contributed by atoms with Crippen LogP contribution in [0.1, 0.15) is 16.4 Å². The lowest BCUT2D eigenvalue weighted by Gasteiger charge is -2.34. The summed E-state index contributed by atoms with van der Waals surface area (Å²) in [4.78, 5) is 29.2. The van der Waals surface area contributed by atoms with Crippen molar-refractivity contribution < 1.29 is 28.5 Å². The Labute approximate surface area is 175 Å². The van der Waals surface area contributed by atoms with Gasteiger partial charge in [0, 0.05) is 10.8 Å². The van der Waals surface area contributed by atoms with Crippen molar-refractivity contribution in [1.29, 1.82) is 0 Å². The number of carbonyl (C=O) groups is 2. The van der Waals surface area contributed by atoms with Crippen molar-refractivity contribution in [2.24, 2.45) is 5.92 Å². The standard InChI is InChI=1S/C18H19NO6S3/c1-22-9-6-5-8(7-10(9)23-2)11-12(16(20)24-3)14(17(21)25-4)27-15-13(11)28-18(26)19-15/h5-7,11-12,14H,1-4H3,(H,19,26). The fraction of sp³-hybridized carbons (Fsp3) is 0.389. The Balaban J connectivity index is 2.22. The first-order chi connectivity index (χ1) is 13.4. The van der Waals surface area contributed by atoms with E-state index in [1.807, 2.05) is 6.07 Å². The number of benzene rings is 1. The van der Waals surface area contributed by atoms with Crippen molar-refractivity contribution in [1.82, 2.24) is 4.98 Å². The van der Waals surface area contributed by atoms with E-state index in [0.29, 0.717) is 15.5 Å². The van der Waals surface area contributed by atoms with Gasteiger partial charge in [-0.05, 0) is 29.9 Å². The number of methoxy groups -OCH3 is 4. The minimum Gasteiger partial charge on any atom is -0.493 e. The van der Waals surface area contributed by atoms with Crippen molar-refractivity contribution >= 4 is 47.3 Å². The number of esters is 2. The van der Waals surface area contributed by atoms with Gasteiger partial charge in [0.05, 0.1) is 39.4 Å². The summed E-state index contributed by atoms with van der Waals surface area (Å²) in [6.07, 6.45) is 0. The number of thiazole rings is 1. The number of fused-ring (bicyclic) bond motifs is 1. The second kappa shape index (κ2) is 8.54. The van der Waals surface area contributed by atoms with Crippen molar-refractivity contribution in [2.45, 2.75) is 16.2 Å². The van der Waals surface area contributed by atoms with Gasteiger partial charge >= 0.3 is 11.9 Å². The van der Waals surface area contributed by atoms with Gasteiger partial charge in [0.1, 0.15) is 5.25 Å². The molecule has 1 aliphatic heterocycles. The van der Waals surface area contributed by atoms with E-state index in [2.05, 4.69) is 4.98 Å². The molecule has 0 saturated carbocycles. The molecule has 0 aliphatic carbocycles. The zero-order chi connectivity index (χ0) is 20.4. The maximum atomic E-state index is 12.7. The minimum absolute atomic E-state index is 0.453. The van der Waals surface area contributed by atoms with Gasteiger partial charge < -0.3 is 23.9 Å². The van der Waals surface area contributed by atoms with Crippen LogP contribution >= 0.6 is 35.3 Å². The van der Waals surface area contributed by atoms with Gasteiger partial charge in [0.25, 0.3) is 0 Å². The summed E-state index contributed by atoms with van der Waals surface area (Å²) in [5, 5.41) is -0.0198. The first kappa shape index (κ1) is 20.7. The van der Waals surface area contributed by atoms with Crippen LogP contribution in [0.4, 0.5) is 0 Å². The molecular formula is C18H19NO6S3. The average Bonchev–Trinajstić information content (AvgIpc) is 3.10. The van der Waals surface area contributed by atoms with E-state index in [4.69, 9.17) is 31.2 Å². The second-order valence-electron chi connectivity index (χ2n) is 5.91. The normalized spacial score (nSPS) is 20.8. The average molecular weight is 442 g/mol. The molecule has 28 heavy (non-hydrogen) atoms. The highest BCUT2D eigenvalue weighted by Crippen LogP contribution is 2.51. The largest absolute Gasteiger partial charge is 0.493 e. The molecule has 3 unspecified atom stereocenters. The van der Waals surface area contributed by atoms with E-state index < -0.39 is 29.0 Å². The van der Waals surface area contributed by atoms with Gasteiger partial charge in [-0.2, -0.15) is 0 Å². The molecule has 7 nitrogen and oxygen atoms in total. The molecule has 3 atom stereocenters. The van der Waals surface area contributed by atoms with E-state index in [0.717, 1.165) is 15.5 Å². The predicted octanol–water partition coefficient (Wildman–Crippen LogP) is 3.39. The highest BCUT2D eigenvalue weighted by atomic mass is 32.2. The molecule has 2 aromatic rings. The maximum Gasteiger partial charge on any atom is 0.320 e. The zero-order valence-corrected chi connectivity index (χ0v) is 18.1. The van der Waals surface area contributed by atoms with E-state index in [1.165, 1.54) is 37.3 Å². The number of aromatic amines is 1. The van der Waals surface area contributed by atoms with Crippen LogP contribution in [0.2, 0.25) is 0 Å². The molecule has 0 bridgehead atoms. The number of ether oxygens (including phenoxy) is 4. The van der Waals surface area contributed by atoms with Crippen LogP contribution in [0.25, 0.3) is 0 Å². The Kier molecular flexibility index (Phi) is 6.31. The van der Waals surface area contributed by atoms with Crippen molar-refractivity contribution in [2.75, 3.05) is 28.4 Å². The Morgan fingerprint density at radius 1 is 1.04 bits per heavy atom. The van der Waals surface area contributed by atoms with Crippen molar-refractivity contribution in [3.8, 4) is 11.5 Å². The third-order valence-corrected chi connectivity index (χ3v) is 7.27. The molecule has 1 aliphatic rings. The third-order valence-electron chi connectivity index (χ3n) is 4.53. The molecule has 0 amide bonds. The highest BCUT2D eigenvalue weighted by molar-refractivity contribution is 8.00. The van der Waals surface area contributed by atoms with Crippen molar-refractivity contribution in [3.05, 3.63) is 32.6 Å². The number of aromatic nitrogens is 1. The SMILES string of the molecule is COC(=O)C1Sc2[nH]c(=S)sc2C(c2ccc(OC)c(OC)c2)C1C(=O)OC. The number of nitrogens with one attached hydrogen (secondary N) is 1. The van der Waals surface area contributed by atoms with E-state index in [9.17, 15) is 9.59 Å². The Morgan fingerprint density at radius 2 is 1.71 bits per heavy atom. The Hall–Kier alpha value is -2.04. The van der Waals surface area contributed by atoms with Crippen LogP contribution in [0.15, 0.2) is 23.2 Å². The van der Waals surface area contributed by atoms with E-state index in [-0.39, 0.29) is 0 Å². The molecule has 0 fully saturated rings. The van der Waals surface area contributed by atoms with Crippen molar-refractivity contribution in [3.63, 3.8) is 0 Å². The molecule has 2 heterocycles. The summed E-state index contributed by atoms with van der Waals surface area (Å²) in [5.41, 5.74) is 0.786. The Morgan fingerprint density at radius 3 is 2.32 bits per heavy atom. The van der Waals surface area contributed by atoms with Gasteiger partial charge in [-0.1, -0.05) is 17.8 Å². The summed E-state index contributed by atoms with van der Waals surface area (Å²) in [6, 6.07) is 5.41. The summed E-state index contributed by atoms with van der Waals surface area (Å²) in [6.45, 7) is 0. The molecule has 0 spiro atoms. The summed E-state index contributed by atoms with van der Waals surface area (Å²) >= 11 is 7.92. The van der Waals surface area contributed by atoms with E-state index >= 15 is 0 Å². The summed E-state index contributed by atoms with van der Waals surface area (Å²) in [5.74, 6) is -1.13. The van der Waals surface area contributed by atoms with Gasteiger partial charge in [0.2, 0.25) is 0 Å². The molecule has 3 rings (SSSR count). The smallest absolute Gasteiger partial charge is 0.320 e. The second-order valence-corrected chi connectivity index (χ2v) is 8.78. The number of carbonyl (C=O) groups excluding carboxylic acids is 2. The van der Waals surface area contributed by atoms with E-state index in [1.54, 1.807) is 26.4 Å². The van der Waals surface area contributed by atoms with Gasteiger partial charge in [-0.3, -0.25) is 9.59 Å². The van der Waals surface area contributed by atoms with Gasteiger partial charge in [-0.25, -0.2) is 0 Å². The van der Waals surface area contributed by atoms with Crippen LogP contribution in [0.3, 0.4) is 0 Å². The quantitative estimate of drug-likeness (QED) is 0.558. The van der Waals surface area contributed by atoms with Crippen LogP contribution in [-0.4, -0.2) is 50.6 Å². The fourth-order valence-corrected chi connectivity index (χ4v) is 6.21. The molecule has 1 aromatic carbocycles. The highest BCUT2D eigenvalue weighted by Gasteiger charge is 2.48. The molecule has 0 saturated heterocycles.